The molecule has 1 amide bonds. The largest absolute Gasteiger partial charge is 0.359 e. The first-order chi connectivity index (χ1) is 9.08. The van der Waals surface area contributed by atoms with E-state index in [1.165, 1.54) is 0 Å². The SMILES string of the molecule is CC(C)NCc1cccc(Cl)c1N1CCNC(=O)C1. The molecule has 4 nitrogen and oxygen atoms in total. The van der Waals surface area contributed by atoms with Crippen LogP contribution in [0.2, 0.25) is 5.02 Å². The van der Waals surface area contributed by atoms with Crippen LogP contribution in [0.15, 0.2) is 18.2 Å². The van der Waals surface area contributed by atoms with Crippen molar-refractivity contribution in [1.29, 1.82) is 0 Å². The van der Waals surface area contributed by atoms with E-state index in [4.69, 9.17) is 11.6 Å². The molecule has 2 rings (SSSR count). The quantitative estimate of drug-likeness (QED) is 0.884. The predicted octanol–water partition coefficient (Wildman–Crippen LogP) is 1.77. The van der Waals surface area contributed by atoms with Gasteiger partial charge in [-0.2, -0.15) is 0 Å². The number of rotatable bonds is 4. The first-order valence-electron chi connectivity index (χ1n) is 6.60. The molecular weight excluding hydrogens is 262 g/mol. The minimum atomic E-state index is 0.0499. The van der Waals surface area contributed by atoms with Gasteiger partial charge in [-0.25, -0.2) is 0 Å². The Hall–Kier alpha value is -1.26. The van der Waals surface area contributed by atoms with Gasteiger partial charge in [-0.05, 0) is 11.6 Å². The van der Waals surface area contributed by atoms with Crippen molar-refractivity contribution < 1.29 is 4.79 Å². The molecule has 2 N–H and O–H groups in total. The van der Waals surface area contributed by atoms with Crippen LogP contribution in [0.5, 0.6) is 0 Å². The summed E-state index contributed by atoms with van der Waals surface area (Å²) in [5.41, 5.74) is 2.11. The van der Waals surface area contributed by atoms with E-state index >= 15 is 0 Å². The lowest BCUT2D eigenvalue weighted by atomic mass is 10.1. The highest BCUT2D eigenvalue weighted by atomic mass is 35.5. The fourth-order valence-electron chi connectivity index (χ4n) is 2.20. The predicted molar refractivity (Wildman–Crippen MR) is 78.7 cm³/mol. The standard InChI is InChI=1S/C14H20ClN3O/c1-10(2)17-8-11-4-3-5-12(15)14(11)18-7-6-16-13(19)9-18/h3-5,10,17H,6-9H2,1-2H3,(H,16,19). The number of para-hydroxylation sites is 1. The maximum atomic E-state index is 11.5. The lowest BCUT2D eigenvalue weighted by Crippen LogP contribution is -2.48. The third-order valence-corrected chi connectivity index (χ3v) is 3.43. The van der Waals surface area contributed by atoms with E-state index in [0.29, 0.717) is 24.2 Å². The molecule has 1 aliphatic rings. The zero-order valence-corrected chi connectivity index (χ0v) is 12.1. The van der Waals surface area contributed by atoms with E-state index in [9.17, 15) is 4.79 Å². The number of amides is 1. The van der Waals surface area contributed by atoms with Gasteiger partial charge < -0.3 is 15.5 Å². The molecule has 0 aromatic heterocycles. The summed E-state index contributed by atoms with van der Waals surface area (Å²) in [5.74, 6) is 0.0499. The van der Waals surface area contributed by atoms with Gasteiger partial charge in [0.1, 0.15) is 0 Å². The van der Waals surface area contributed by atoms with Crippen LogP contribution >= 0.6 is 11.6 Å². The third-order valence-electron chi connectivity index (χ3n) is 3.13. The fraction of sp³-hybridized carbons (Fsp3) is 0.500. The van der Waals surface area contributed by atoms with Crippen molar-refractivity contribution in [2.24, 2.45) is 0 Å². The smallest absolute Gasteiger partial charge is 0.239 e. The summed E-state index contributed by atoms with van der Waals surface area (Å²) < 4.78 is 0. The summed E-state index contributed by atoms with van der Waals surface area (Å²) in [7, 11) is 0. The molecule has 0 radical (unpaired) electrons. The second-order valence-corrected chi connectivity index (χ2v) is 5.46. The van der Waals surface area contributed by atoms with E-state index in [1.807, 2.05) is 12.1 Å². The summed E-state index contributed by atoms with van der Waals surface area (Å²) in [4.78, 5) is 13.6. The van der Waals surface area contributed by atoms with Crippen molar-refractivity contribution in [2.75, 3.05) is 24.5 Å². The van der Waals surface area contributed by atoms with Crippen LogP contribution in [0.3, 0.4) is 0 Å². The van der Waals surface area contributed by atoms with E-state index in [0.717, 1.165) is 24.3 Å². The molecule has 0 aliphatic carbocycles. The summed E-state index contributed by atoms with van der Waals surface area (Å²) in [5, 5.41) is 6.93. The fourth-order valence-corrected chi connectivity index (χ4v) is 2.51. The van der Waals surface area contributed by atoms with Crippen LogP contribution in [0.4, 0.5) is 5.69 Å². The molecule has 0 spiro atoms. The molecular formula is C14H20ClN3O. The Balaban J connectivity index is 2.23. The molecule has 1 saturated heterocycles. The Bertz CT molecular complexity index is 462. The van der Waals surface area contributed by atoms with Gasteiger partial charge in [0.2, 0.25) is 5.91 Å². The molecule has 1 fully saturated rings. The normalized spacial score (nSPS) is 15.8. The lowest BCUT2D eigenvalue weighted by Gasteiger charge is -2.31. The van der Waals surface area contributed by atoms with Gasteiger partial charge in [-0.1, -0.05) is 37.6 Å². The zero-order valence-electron chi connectivity index (χ0n) is 11.4. The van der Waals surface area contributed by atoms with Crippen LogP contribution in [0.25, 0.3) is 0 Å². The molecule has 0 atom stereocenters. The molecule has 5 heteroatoms. The van der Waals surface area contributed by atoms with Crippen LogP contribution in [-0.2, 0) is 11.3 Å². The zero-order chi connectivity index (χ0) is 13.8. The molecule has 1 aliphatic heterocycles. The van der Waals surface area contributed by atoms with Gasteiger partial charge in [-0.3, -0.25) is 4.79 Å². The number of hydrogen-bond donors (Lipinski definition) is 2. The molecule has 1 heterocycles. The molecule has 19 heavy (non-hydrogen) atoms. The van der Waals surface area contributed by atoms with Gasteiger partial charge in [0.15, 0.2) is 0 Å². The van der Waals surface area contributed by atoms with Crippen molar-refractivity contribution in [1.82, 2.24) is 10.6 Å². The number of nitrogens with zero attached hydrogens (tertiary/aromatic N) is 1. The number of benzene rings is 1. The molecule has 1 aromatic carbocycles. The molecule has 0 saturated carbocycles. The van der Waals surface area contributed by atoms with E-state index in [2.05, 4.69) is 35.4 Å². The average molecular weight is 282 g/mol. The highest BCUT2D eigenvalue weighted by Gasteiger charge is 2.21. The maximum absolute atomic E-state index is 11.5. The van der Waals surface area contributed by atoms with E-state index in [1.54, 1.807) is 0 Å². The van der Waals surface area contributed by atoms with Crippen molar-refractivity contribution >= 4 is 23.2 Å². The van der Waals surface area contributed by atoms with Gasteiger partial charge in [0.05, 0.1) is 17.3 Å². The van der Waals surface area contributed by atoms with Gasteiger partial charge in [0.25, 0.3) is 0 Å². The number of piperazine rings is 1. The Labute approximate surface area is 119 Å². The van der Waals surface area contributed by atoms with Crippen molar-refractivity contribution in [3.8, 4) is 0 Å². The number of carbonyl (C=O) groups excluding carboxylic acids is 1. The summed E-state index contributed by atoms with van der Waals surface area (Å²) >= 11 is 6.32. The summed E-state index contributed by atoms with van der Waals surface area (Å²) in [6.07, 6.45) is 0. The van der Waals surface area contributed by atoms with Gasteiger partial charge in [0, 0.05) is 25.7 Å². The maximum Gasteiger partial charge on any atom is 0.239 e. The van der Waals surface area contributed by atoms with Crippen LogP contribution < -0.4 is 15.5 Å². The molecule has 0 unspecified atom stereocenters. The Morgan fingerprint density at radius 1 is 1.47 bits per heavy atom. The first-order valence-corrected chi connectivity index (χ1v) is 6.98. The highest BCUT2D eigenvalue weighted by molar-refractivity contribution is 6.33. The van der Waals surface area contributed by atoms with Gasteiger partial charge >= 0.3 is 0 Å². The third kappa shape index (κ3) is 3.61. The number of hydrogen-bond acceptors (Lipinski definition) is 3. The summed E-state index contributed by atoms with van der Waals surface area (Å²) in [6, 6.07) is 6.30. The minimum Gasteiger partial charge on any atom is -0.359 e. The Morgan fingerprint density at radius 2 is 2.26 bits per heavy atom. The monoisotopic (exact) mass is 281 g/mol. The van der Waals surface area contributed by atoms with E-state index < -0.39 is 0 Å². The average Bonchev–Trinajstić information content (AvgIpc) is 2.36. The number of anilines is 1. The minimum absolute atomic E-state index is 0.0499. The van der Waals surface area contributed by atoms with Gasteiger partial charge in [-0.15, -0.1) is 0 Å². The van der Waals surface area contributed by atoms with Crippen molar-refractivity contribution in [3.63, 3.8) is 0 Å². The van der Waals surface area contributed by atoms with Crippen LogP contribution in [-0.4, -0.2) is 31.6 Å². The highest BCUT2D eigenvalue weighted by Crippen LogP contribution is 2.30. The second kappa shape index (κ2) is 6.26. The van der Waals surface area contributed by atoms with Crippen molar-refractivity contribution in [2.45, 2.75) is 26.4 Å². The topological polar surface area (TPSA) is 44.4 Å². The molecule has 1 aromatic rings. The van der Waals surface area contributed by atoms with E-state index in [-0.39, 0.29) is 5.91 Å². The molecule has 0 bridgehead atoms. The lowest BCUT2D eigenvalue weighted by molar-refractivity contribution is -0.120. The second-order valence-electron chi connectivity index (χ2n) is 5.05. The Kier molecular flexibility index (Phi) is 4.66. The number of halogens is 1. The number of carbonyl (C=O) groups is 1. The van der Waals surface area contributed by atoms with Crippen LogP contribution in [0.1, 0.15) is 19.4 Å². The first kappa shape index (κ1) is 14.2. The number of nitrogens with one attached hydrogen (secondary N) is 2. The van der Waals surface area contributed by atoms with Crippen LogP contribution in [0, 0.1) is 0 Å². The Morgan fingerprint density at radius 3 is 2.95 bits per heavy atom. The summed E-state index contributed by atoms with van der Waals surface area (Å²) in [6.45, 7) is 6.81. The molecule has 104 valence electrons. The van der Waals surface area contributed by atoms with Crippen molar-refractivity contribution in [3.05, 3.63) is 28.8 Å².